The van der Waals surface area contributed by atoms with E-state index in [9.17, 15) is 9.90 Å². The molecule has 1 amide bonds. The van der Waals surface area contributed by atoms with Gasteiger partial charge < -0.3 is 21.9 Å². The van der Waals surface area contributed by atoms with Gasteiger partial charge in [0.05, 0.1) is 24.5 Å². The normalized spacial score (nSPS) is 12.3. The summed E-state index contributed by atoms with van der Waals surface area (Å²) in [6.45, 7) is 2.58. The Morgan fingerprint density at radius 2 is 1.75 bits per heavy atom. The highest BCUT2D eigenvalue weighted by Gasteiger charge is 2.19. The number of carbonyl (C=O) groups is 1. The molecule has 3 aromatic rings. The minimum absolute atomic E-state index is 0.103. The molecule has 0 radical (unpaired) electrons. The molecule has 0 unspecified atom stereocenters. The minimum Gasteiger partial charge on any atom is -0.504 e. The Hall–Kier alpha value is -4.26. The molecule has 0 aliphatic carbocycles. The average molecular weight is 430 g/mol. The van der Waals surface area contributed by atoms with Crippen LogP contribution in [0.15, 0.2) is 96.4 Å². The number of nitrogens with zero attached hydrogens (tertiary/aromatic N) is 2. The van der Waals surface area contributed by atoms with Crippen molar-refractivity contribution in [3.63, 3.8) is 0 Å². The largest absolute Gasteiger partial charge is 0.504 e. The van der Waals surface area contributed by atoms with Gasteiger partial charge in [0.15, 0.2) is 5.75 Å². The SMILES string of the molecule is C\C=C(N)/C(=C\C=C\C(N)=O)NCc1c(O)c(-c2ccccc2)nn1Cc1ccccc1. The summed E-state index contributed by atoms with van der Waals surface area (Å²) >= 11 is 0. The minimum atomic E-state index is -0.550. The monoisotopic (exact) mass is 429 g/mol. The topological polar surface area (TPSA) is 119 Å². The highest BCUT2D eigenvalue weighted by Crippen LogP contribution is 2.32. The number of allylic oxidation sites excluding steroid dienone is 3. The van der Waals surface area contributed by atoms with Crippen molar-refractivity contribution >= 4 is 5.91 Å². The van der Waals surface area contributed by atoms with Crippen LogP contribution in [0.1, 0.15) is 18.2 Å². The zero-order valence-electron chi connectivity index (χ0n) is 17.9. The fourth-order valence-corrected chi connectivity index (χ4v) is 3.17. The number of primary amides is 1. The highest BCUT2D eigenvalue weighted by molar-refractivity contribution is 5.86. The van der Waals surface area contributed by atoms with Crippen LogP contribution in [-0.4, -0.2) is 20.8 Å². The van der Waals surface area contributed by atoms with Crippen LogP contribution >= 0.6 is 0 Å². The van der Waals surface area contributed by atoms with E-state index >= 15 is 0 Å². The Bertz CT molecular complexity index is 1150. The molecule has 32 heavy (non-hydrogen) atoms. The lowest BCUT2D eigenvalue weighted by Gasteiger charge is -2.13. The Morgan fingerprint density at radius 1 is 1.09 bits per heavy atom. The van der Waals surface area contributed by atoms with Crippen molar-refractivity contribution in [3.8, 4) is 17.0 Å². The summed E-state index contributed by atoms with van der Waals surface area (Å²) in [5, 5.41) is 19.0. The average Bonchev–Trinajstić information content (AvgIpc) is 3.11. The standard InChI is InChI=1S/C25H27N5O2/c1-2-20(26)21(14-9-15-23(27)31)28-16-22-25(32)24(19-12-7-4-8-13-19)29-30(22)17-18-10-5-3-6-11-18/h2-15,28,32H,16-17,26H2,1H3,(H2,27,31)/b15-9+,20-2+,21-14+. The highest BCUT2D eigenvalue weighted by atomic mass is 16.3. The molecule has 6 N–H and O–H groups in total. The molecule has 0 fully saturated rings. The van der Waals surface area contributed by atoms with Crippen molar-refractivity contribution in [2.75, 3.05) is 0 Å². The van der Waals surface area contributed by atoms with Gasteiger partial charge in [0, 0.05) is 11.6 Å². The Kier molecular flexibility index (Phi) is 7.48. The molecule has 7 heteroatoms. The third-order valence-corrected chi connectivity index (χ3v) is 4.84. The molecule has 3 rings (SSSR count). The number of hydrogen-bond acceptors (Lipinski definition) is 5. The van der Waals surface area contributed by atoms with Crippen LogP contribution in [0.4, 0.5) is 0 Å². The maximum absolute atomic E-state index is 11.0. The summed E-state index contributed by atoms with van der Waals surface area (Å²) < 4.78 is 1.78. The number of nitrogens with two attached hydrogens (primary N) is 2. The number of nitrogens with one attached hydrogen (secondary N) is 1. The van der Waals surface area contributed by atoms with Crippen molar-refractivity contribution in [3.05, 3.63) is 108 Å². The van der Waals surface area contributed by atoms with E-state index in [1.54, 1.807) is 16.8 Å². The van der Waals surface area contributed by atoms with Crippen molar-refractivity contribution in [2.24, 2.45) is 11.5 Å². The van der Waals surface area contributed by atoms with Gasteiger partial charge in [0.2, 0.25) is 5.91 Å². The van der Waals surface area contributed by atoms with Crippen molar-refractivity contribution < 1.29 is 9.90 Å². The van der Waals surface area contributed by atoms with Gasteiger partial charge in [-0.15, -0.1) is 0 Å². The van der Waals surface area contributed by atoms with Crippen LogP contribution in [0.3, 0.4) is 0 Å². The maximum atomic E-state index is 11.0. The van der Waals surface area contributed by atoms with Crippen LogP contribution < -0.4 is 16.8 Å². The number of hydrogen-bond donors (Lipinski definition) is 4. The van der Waals surface area contributed by atoms with Crippen LogP contribution in [0.5, 0.6) is 5.75 Å². The van der Waals surface area contributed by atoms with E-state index in [0.29, 0.717) is 29.3 Å². The molecule has 0 saturated carbocycles. The predicted octanol–water partition coefficient (Wildman–Crippen LogP) is 3.18. The zero-order chi connectivity index (χ0) is 22.9. The van der Waals surface area contributed by atoms with Crippen LogP contribution in [0.25, 0.3) is 11.3 Å². The fourth-order valence-electron chi connectivity index (χ4n) is 3.17. The third kappa shape index (κ3) is 5.66. The lowest BCUT2D eigenvalue weighted by molar-refractivity contribution is -0.113. The van der Waals surface area contributed by atoms with E-state index in [-0.39, 0.29) is 12.3 Å². The second kappa shape index (κ2) is 10.7. The number of aromatic nitrogens is 2. The molecule has 0 spiro atoms. The first kappa shape index (κ1) is 22.4. The summed E-state index contributed by atoms with van der Waals surface area (Å²) in [6, 6.07) is 19.4. The van der Waals surface area contributed by atoms with Crippen molar-refractivity contribution in [1.29, 1.82) is 0 Å². The molecule has 0 bridgehead atoms. The molecular weight excluding hydrogens is 402 g/mol. The van der Waals surface area contributed by atoms with E-state index < -0.39 is 5.91 Å². The van der Waals surface area contributed by atoms with Gasteiger partial charge in [0.1, 0.15) is 11.4 Å². The summed E-state index contributed by atoms with van der Waals surface area (Å²) in [5.74, 6) is -0.448. The number of rotatable bonds is 9. The van der Waals surface area contributed by atoms with E-state index in [0.717, 1.165) is 11.1 Å². The molecule has 0 atom stereocenters. The van der Waals surface area contributed by atoms with Gasteiger partial charge in [0.25, 0.3) is 0 Å². The van der Waals surface area contributed by atoms with Crippen LogP contribution in [0.2, 0.25) is 0 Å². The lowest BCUT2D eigenvalue weighted by atomic mass is 10.1. The molecule has 0 aliphatic rings. The smallest absolute Gasteiger partial charge is 0.241 e. The molecule has 0 aliphatic heterocycles. The fraction of sp³-hybridized carbons (Fsp3) is 0.120. The van der Waals surface area contributed by atoms with E-state index in [1.807, 2.05) is 67.6 Å². The maximum Gasteiger partial charge on any atom is 0.241 e. The van der Waals surface area contributed by atoms with Gasteiger partial charge in [-0.1, -0.05) is 72.8 Å². The molecule has 1 aromatic heterocycles. The van der Waals surface area contributed by atoms with E-state index in [4.69, 9.17) is 11.5 Å². The molecule has 7 nitrogen and oxygen atoms in total. The van der Waals surface area contributed by atoms with Gasteiger partial charge in [-0.05, 0) is 18.6 Å². The van der Waals surface area contributed by atoms with Crippen molar-refractivity contribution in [1.82, 2.24) is 15.1 Å². The molecule has 0 saturated heterocycles. The lowest BCUT2D eigenvalue weighted by Crippen LogP contribution is -2.20. The summed E-state index contributed by atoms with van der Waals surface area (Å²) in [7, 11) is 0. The molecule has 1 heterocycles. The van der Waals surface area contributed by atoms with E-state index in [2.05, 4.69) is 10.4 Å². The van der Waals surface area contributed by atoms with Crippen molar-refractivity contribution in [2.45, 2.75) is 20.0 Å². The number of aromatic hydroxyl groups is 1. The first-order valence-corrected chi connectivity index (χ1v) is 10.2. The summed E-state index contributed by atoms with van der Waals surface area (Å²) in [4.78, 5) is 11.0. The number of carbonyl (C=O) groups excluding carboxylic acids is 1. The Morgan fingerprint density at radius 3 is 2.38 bits per heavy atom. The summed E-state index contributed by atoms with van der Waals surface area (Å²) in [6.07, 6.45) is 6.17. The number of amides is 1. The van der Waals surface area contributed by atoms with Crippen LogP contribution in [0, 0.1) is 0 Å². The second-order valence-corrected chi connectivity index (χ2v) is 7.09. The zero-order valence-corrected chi connectivity index (χ0v) is 17.9. The number of benzene rings is 2. The van der Waals surface area contributed by atoms with Gasteiger partial charge in [-0.2, -0.15) is 5.10 Å². The first-order valence-electron chi connectivity index (χ1n) is 10.2. The van der Waals surface area contributed by atoms with Crippen LogP contribution in [-0.2, 0) is 17.9 Å². The first-order chi connectivity index (χ1) is 15.5. The molecular formula is C25H27N5O2. The Balaban J connectivity index is 1.96. The Labute approximate surface area is 187 Å². The van der Waals surface area contributed by atoms with Gasteiger partial charge in [-0.3, -0.25) is 9.48 Å². The van der Waals surface area contributed by atoms with Gasteiger partial charge in [-0.25, -0.2) is 0 Å². The predicted molar refractivity (Wildman–Crippen MR) is 126 cm³/mol. The molecule has 2 aromatic carbocycles. The van der Waals surface area contributed by atoms with E-state index in [1.165, 1.54) is 12.2 Å². The summed E-state index contributed by atoms with van der Waals surface area (Å²) in [5.41, 5.74) is 15.3. The third-order valence-electron chi connectivity index (χ3n) is 4.84. The quantitative estimate of drug-likeness (QED) is 0.308. The second-order valence-electron chi connectivity index (χ2n) is 7.09. The molecule has 164 valence electrons. The van der Waals surface area contributed by atoms with Gasteiger partial charge >= 0.3 is 0 Å².